The molecule has 0 saturated carbocycles. The Kier molecular flexibility index (Phi) is 7.36. The second kappa shape index (κ2) is 10.0. The lowest BCUT2D eigenvalue weighted by atomic mass is 9.92. The molecule has 1 aliphatic rings. The highest BCUT2D eigenvalue weighted by atomic mass is 16.1. The maximum atomic E-state index is 12.8. The van der Waals surface area contributed by atoms with Crippen LogP contribution in [0.5, 0.6) is 0 Å². The summed E-state index contributed by atoms with van der Waals surface area (Å²) < 4.78 is 0. The fourth-order valence-corrected chi connectivity index (χ4v) is 3.76. The van der Waals surface area contributed by atoms with Gasteiger partial charge >= 0.3 is 0 Å². The van der Waals surface area contributed by atoms with Gasteiger partial charge in [-0.2, -0.15) is 0 Å². The second-order valence-electron chi connectivity index (χ2n) is 9.69. The zero-order valence-electron chi connectivity index (χ0n) is 19.6. The van der Waals surface area contributed by atoms with Gasteiger partial charge in [0.15, 0.2) is 0 Å². The molecule has 1 aliphatic heterocycles. The highest BCUT2D eigenvalue weighted by Gasteiger charge is 2.22. The molecule has 2 aromatic carbocycles. The molecule has 0 aromatic heterocycles. The predicted molar refractivity (Wildman–Crippen MR) is 136 cm³/mol. The van der Waals surface area contributed by atoms with E-state index in [2.05, 4.69) is 22.2 Å². The van der Waals surface area contributed by atoms with Gasteiger partial charge in [-0.1, -0.05) is 57.2 Å². The zero-order chi connectivity index (χ0) is 23.3. The largest absolute Gasteiger partial charge is 0.398 e. The van der Waals surface area contributed by atoms with Crippen LogP contribution in [0.1, 0.15) is 38.3 Å². The van der Waals surface area contributed by atoms with Crippen molar-refractivity contribution in [1.82, 2.24) is 4.90 Å². The van der Waals surface area contributed by atoms with Gasteiger partial charge in [0.2, 0.25) is 5.91 Å². The fourth-order valence-electron chi connectivity index (χ4n) is 3.76. The van der Waals surface area contributed by atoms with Crippen molar-refractivity contribution in [3.05, 3.63) is 59.7 Å². The molecule has 1 amide bonds. The Hall–Kier alpha value is -3.12. The van der Waals surface area contributed by atoms with E-state index in [1.54, 1.807) is 6.08 Å². The van der Waals surface area contributed by atoms with E-state index in [0.29, 0.717) is 29.1 Å². The minimum atomic E-state index is -0.111. The zero-order valence-corrected chi connectivity index (χ0v) is 19.6. The van der Waals surface area contributed by atoms with Crippen molar-refractivity contribution < 1.29 is 4.79 Å². The summed E-state index contributed by atoms with van der Waals surface area (Å²) in [6.45, 7) is 9.77. The summed E-state index contributed by atoms with van der Waals surface area (Å²) in [4.78, 5) is 17.3. The number of nitrogens with one attached hydrogen (secondary N) is 2. The average Bonchev–Trinajstić information content (AvgIpc) is 2.73. The smallest absolute Gasteiger partial charge is 0.224 e. The molecule has 170 valence electrons. The summed E-state index contributed by atoms with van der Waals surface area (Å²) in [6.07, 6.45) is 4.06. The van der Waals surface area contributed by atoms with Gasteiger partial charge in [-0.15, -0.1) is 0 Å². The number of carbonyl (C=O) groups excluding carboxylic acids is 1. The van der Waals surface area contributed by atoms with Crippen LogP contribution in [0, 0.1) is 10.8 Å². The molecule has 0 bridgehead atoms. The van der Waals surface area contributed by atoms with E-state index >= 15 is 0 Å². The van der Waals surface area contributed by atoms with Crippen molar-refractivity contribution in [1.29, 1.82) is 5.41 Å². The van der Waals surface area contributed by atoms with Crippen LogP contribution in [0.4, 0.5) is 17.1 Å². The van der Waals surface area contributed by atoms with Gasteiger partial charge in [0.05, 0.1) is 17.1 Å². The summed E-state index contributed by atoms with van der Waals surface area (Å²) in [5.41, 5.74) is 10.4. The maximum Gasteiger partial charge on any atom is 0.224 e. The molecule has 3 rings (SSSR count). The quantitative estimate of drug-likeness (QED) is 0.463. The van der Waals surface area contributed by atoms with Gasteiger partial charge in [-0.25, -0.2) is 0 Å². The Morgan fingerprint density at radius 3 is 2.41 bits per heavy atom. The number of amides is 1. The normalized spacial score (nSPS) is 15.2. The minimum absolute atomic E-state index is 0.0324. The number of anilines is 3. The monoisotopic (exact) mass is 433 g/mol. The van der Waals surface area contributed by atoms with Gasteiger partial charge in [0.1, 0.15) is 0 Å². The third kappa shape index (κ3) is 6.44. The van der Waals surface area contributed by atoms with Gasteiger partial charge < -0.3 is 26.3 Å². The number of nitrogens with zero attached hydrogens (tertiary/aromatic N) is 2. The molecule has 2 aromatic rings. The Morgan fingerprint density at radius 1 is 1.12 bits per heavy atom. The van der Waals surface area contributed by atoms with Crippen molar-refractivity contribution in [3.8, 4) is 0 Å². The third-order valence-corrected chi connectivity index (χ3v) is 5.51. The Balaban J connectivity index is 1.92. The van der Waals surface area contributed by atoms with E-state index in [0.717, 1.165) is 37.4 Å². The summed E-state index contributed by atoms with van der Waals surface area (Å²) >= 11 is 0. The predicted octanol–water partition coefficient (Wildman–Crippen LogP) is 4.48. The first-order valence-corrected chi connectivity index (χ1v) is 11.1. The molecule has 6 heteroatoms. The standard InChI is InChI=1S/C26H35N5O/c1-26(2,3)18-25(32)29-23-16-20(21(27)11-10-19-8-6-5-7-9-19)22(28)17-24(23)31-14-12-30(4)13-15-31/h5-11,16-17,27H,12-15,18,28H2,1-4H3,(H,29,32)/b11-10+,27-21?. The number of rotatable bonds is 6. The molecule has 0 spiro atoms. The van der Waals surface area contributed by atoms with Gasteiger partial charge in [0.25, 0.3) is 0 Å². The van der Waals surface area contributed by atoms with Crippen LogP contribution in [0.25, 0.3) is 6.08 Å². The average molecular weight is 434 g/mol. The Morgan fingerprint density at radius 2 is 1.78 bits per heavy atom. The van der Waals surface area contributed by atoms with E-state index in [1.165, 1.54) is 0 Å². The van der Waals surface area contributed by atoms with Gasteiger partial charge in [-0.3, -0.25) is 4.79 Å². The van der Waals surface area contributed by atoms with Crippen LogP contribution in [0.2, 0.25) is 0 Å². The van der Waals surface area contributed by atoms with E-state index < -0.39 is 0 Å². The van der Waals surface area contributed by atoms with E-state index in [1.807, 2.05) is 69.3 Å². The third-order valence-electron chi connectivity index (χ3n) is 5.51. The van der Waals surface area contributed by atoms with Crippen molar-refractivity contribution in [2.75, 3.05) is 49.2 Å². The maximum absolute atomic E-state index is 12.8. The lowest BCUT2D eigenvalue weighted by Crippen LogP contribution is -2.44. The van der Waals surface area contributed by atoms with Gasteiger partial charge in [-0.05, 0) is 36.2 Å². The molecule has 1 fully saturated rings. The van der Waals surface area contributed by atoms with Crippen LogP contribution in [-0.4, -0.2) is 49.7 Å². The van der Waals surface area contributed by atoms with Crippen molar-refractivity contribution >= 4 is 34.8 Å². The lowest BCUT2D eigenvalue weighted by Gasteiger charge is -2.35. The SMILES string of the molecule is CN1CCN(c2cc(N)c(C(=N)/C=C/c3ccccc3)cc2NC(=O)CC(C)(C)C)CC1. The first kappa shape index (κ1) is 23.5. The molecule has 4 N–H and O–H groups in total. The Labute approximate surface area is 191 Å². The molecule has 0 aliphatic carbocycles. The molecular formula is C26H35N5O. The van der Waals surface area contributed by atoms with E-state index in [-0.39, 0.29) is 11.3 Å². The fraction of sp³-hybridized carbons (Fsp3) is 0.385. The summed E-state index contributed by atoms with van der Waals surface area (Å²) in [5.74, 6) is -0.0324. The highest BCUT2D eigenvalue weighted by Crippen LogP contribution is 2.33. The number of nitrogen functional groups attached to an aromatic ring is 1. The second-order valence-corrected chi connectivity index (χ2v) is 9.69. The number of nitrogens with two attached hydrogens (primary N) is 1. The summed E-state index contributed by atoms with van der Waals surface area (Å²) in [7, 11) is 2.11. The van der Waals surface area contributed by atoms with E-state index in [4.69, 9.17) is 11.1 Å². The van der Waals surface area contributed by atoms with Crippen molar-refractivity contribution in [3.63, 3.8) is 0 Å². The Bertz CT molecular complexity index is 983. The summed E-state index contributed by atoms with van der Waals surface area (Å²) in [6, 6.07) is 13.6. The topological polar surface area (TPSA) is 85.4 Å². The molecular weight excluding hydrogens is 398 g/mol. The first-order valence-electron chi connectivity index (χ1n) is 11.1. The molecule has 32 heavy (non-hydrogen) atoms. The molecule has 6 nitrogen and oxygen atoms in total. The van der Waals surface area contributed by atoms with Crippen LogP contribution >= 0.6 is 0 Å². The van der Waals surface area contributed by atoms with E-state index in [9.17, 15) is 4.79 Å². The van der Waals surface area contributed by atoms with Gasteiger partial charge in [0, 0.05) is 43.9 Å². The minimum Gasteiger partial charge on any atom is -0.398 e. The number of likely N-dealkylation sites (N-methyl/N-ethyl adjacent to an activating group) is 1. The number of piperazine rings is 1. The number of carbonyl (C=O) groups is 1. The lowest BCUT2D eigenvalue weighted by molar-refractivity contribution is -0.117. The van der Waals surface area contributed by atoms with Crippen LogP contribution < -0.4 is 16.0 Å². The molecule has 1 saturated heterocycles. The summed E-state index contributed by atoms with van der Waals surface area (Å²) in [5, 5.41) is 11.7. The molecule has 0 radical (unpaired) electrons. The first-order chi connectivity index (χ1) is 15.1. The molecule has 0 unspecified atom stereocenters. The van der Waals surface area contributed by atoms with Crippen LogP contribution in [0.15, 0.2) is 48.5 Å². The highest BCUT2D eigenvalue weighted by molar-refractivity contribution is 6.13. The number of hydrogen-bond donors (Lipinski definition) is 3. The van der Waals surface area contributed by atoms with Crippen LogP contribution in [-0.2, 0) is 4.79 Å². The molecule has 1 heterocycles. The van der Waals surface area contributed by atoms with Crippen molar-refractivity contribution in [2.24, 2.45) is 5.41 Å². The number of benzene rings is 2. The number of allylic oxidation sites excluding steroid dienone is 1. The van der Waals surface area contributed by atoms with Crippen molar-refractivity contribution in [2.45, 2.75) is 27.2 Å². The van der Waals surface area contributed by atoms with Crippen LogP contribution in [0.3, 0.4) is 0 Å². The molecule has 0 atom stereocenters. The number of hydrogen-bond acceptors (Lipinski definition) is 5.